The number of nitrogens with two attached hydrogens (primary N) is 2. The molecule has 0 aliphatic rings. The number of hydrogen-bond acceptors (Lipinski definition) is 2. The van der Waals surface area contributed by atoms with E-state index in [2.05, 4.69) is 0 Å². The lowest BCUT2D eigenvalue weighted by Crippen LogP contribution is -2.10. The molecule has 0 saturated carbocycles. The van der Waals surface area contributed by atoms with Crippen LogP contribution in [0.25, 0.3) is 0 Å². The zero-order valence-electron chi connectivity index (χ0n) is 10.1. The van der Waals surface area contributed by atoms with Crippen LogP contribution in [0.3, 0.4) is 0 Å². The summed E-state index contributed by atoms with van der Waals surface area (Å²) >= 11 is 0. The Balaban J connectivity index is 2.43. The van der Waals surface area contributed by atoms with Crippen LogP contribution in [-0.4, -0.2) is 6.54 Å². The van der Waals surface area contributed by atoms with Crippen molar-refractivity contribution in [3.63, 3.8) is 0 Å². The van der Waals surface area contributed by atoms with Crippen molar-refractivity contribution in [1.82, 2.24) is 0 Å². The largest absolute Gasteiger partial charge is 0.398 e. The van der Waals surface area contributed by atoms with Crippen molar-refractivity contribution in [2.24, 2.45) is 5.73 Å². The molecule has 1 atom stereocenters. The van der Waals surface area contributed by atoms with E-state index in [4.69, 9.17) is 11.5 Å². The Morgan fingerprint density at radius 2 is 1.83 bits per heavy atom. The molecule has 2 aromatic carbocycles. The summed E-state index contributed by atoms with van der Waals surface area (Å²) in [7, 11) is 0. The SMILES string of the molecule is NCCC(c1cccc(F)c1)c1ccccc1N. The summed E-state index contributed by atoms with van der Waals surface area (Å²) in [6.07, 6.45) is 0.748. The molecule has 0 radical (unpaired) electrons. The standard InChI is InChI=1S/C15H17FN2/c16-12-5-3-4-11(10-12)13(8-9-17)14-6-1-2-7-15(14)18/h1-7,10,13H,8-9,17-18H2. The molecule has 0 fully saturated rings. The smallest absolute Gasteiger partial charge is 0.123 e. The van der Waals surface area contributed by atoms with E-state index in [1.165, 1.54) is 6.07 Å². The van der Waals surface area contributed by atoms with E-state index in [0.717, 1.165) is 23.2 Å². The van der Waals surface area contributed by atoms with E-state index in [-0.39, 0.29) is 11.7 Å². The topological polar surface area (TPSA) is 52.0 Å². The maximum atomic E-state index is 13.3. The predicted octanol–water partition coefficient (Wildman–Crippen LogP) is 2.89. The maximum absolute atomic E-state index is 13.3. The molecule has 3 heteroatoms. The van der Waals surface area contributed by atoms with E-state index in [1.54, 1.807) is 12.1 Å². The van der Waals surface area contributed by atoms with Gasteiger partial charge in [0.1, 0.15) is 5.82 Å². The molecule has 18 heavy (non-hydrogen) atoms. The molecule has 94 valence electrons. The molecule has 0 heterocycles. The molecule has 1 unspecified atom stereocenters. The van der Waals surface area contributed by atoms with Crippen LogP contribution in [-0.2, 0) is 0 Å². The van der Waals surface area contributed by atoms with Crippen LogP contribution in [0, 0.1) is 5.82 Å². The second kappa shape index (κ2) is 5.65. The first-order valence-corrected chi connectivity index (χ1v) is 6.02. The summed E-state index contributed by atoms with van der Waals surface area (Å²) in [5.74, 6) is -0.184. The van der Waals surface area contributed by atoms with Crippen molar-refractivity contribution in [3.8, 4) is 0 Å². The van der Waals surface area contributed by atoms with Crippen LogP contribution in [0.15, 0.2) is 48.5 Å². The van der Waals surface area contributed by atoms with Crippen LogP contribution in [0.2, 0.25) is 0 Å². The Hall–Kier alpha value is -1.87. The average Bonchev–Trinajstić information content (AvgIpc) is 2.37. The molecule has 2 rings (SSSR count). The average molecular weight is 244 g/mol. The van der Waals surface area contributed by atoms with Gasteiger partial charge >= 0.3 is 0 Å². The third-order valence-electron chi connectivity index (χ3n) is 3.08. The van der Waals surface area contributed by atoms with Gasteiger partial charge in [-0.2, -0.15) is 0 Å². The highest BCUT2D eigenvalue weighted by atomic mass is 19.1. The predicted molar refractivity (Wildman–Crippen MR) is 72.8 cm³/mol. The van der Waals surface area contributed by atoms with E-state index >= 15 is 0 Å². The van der Waals surface area contributed by atoms with Crippen molar-refractivity contribution < 1.29 is 4.39 Å². The van der Waals surface area contributed by atoms with E-state index < -0.39 is 0 Å². The molecule has 0 aliphatic carbocycles. The van der Waals surface area contributed by atoms with Gasteiger partial charge in [-0.1, -0.05) is 30.3 Å². The fraction of sp³-hybridized carbons (Fsp3) is 0.200. The Morgan fingerprint density at radius 3 is 2.50 bits per heavy atom. The summed E-state index contributed by atoms with van der Waals surface area (Å²) in [5, 5.41) is 0. The van der Waals surface area contributed by atoms with Gasteiger partial charge in [-0.15, -0.1) is 0 Å². The Kier molecular flexibility index (Phi) is 3.95. The molecular weight excluding hydrogens is 227 g/mol. The maximum Gasteiger partial charge on any atom is 0.123 e. The molecular formula is C15H17FN2. The first kappa shape index (κ1) is 12.6. The van der Waals surface area contributed by atoms with Crippen molar-refractivity contribution in [2.45, 2.75) is 12.3 Å². The lowest BCUT2D eigenvalue weighted by atomic mass is 9.87. The molecule has 2 aromatic rings. The van der Waals surface area contributed by atoms with E-state index in [0.29, 0.717) is 6.54 Å². The highest BCUT2D eigenvalue weighted by Gasteiger charge is 2.16. The number of hydrogen-bond donors (Lipinski definition) is 2. The molecule has 0 saturated heterocycles. The molecule has 4 N–H and O–H groups in total. The summed E-state index contributed by atoms with van der Waals surface area (Å²) in [6.45, 7) is 0.537. The zero-order valence-corrected chi connectivity index (χ0v) is 10.1. The summed E-state index contributed by atoms with van der Waals surface area (Å²) in [5.41, 5.74) is 14.3. The third-order valence-corrected chi connectivity index (χ3v) is 3.08. The number of rotatable bonds is 4. The normalized spacial score (nSPS) is 12.3. The molecule has 2 nitrogen and oxygen atoms in total. The van der Waals surface area contributed by atoms with Crippen LogP contribution in [0.4, 0.5) is 10.1 Å². The van der Waals surface area contributed by atoms with Crippen molar-refractivity contribution in [3.05, 3.63) is 65.5 Å². The quantitative estimate of drug-likeness (QED) is 0.812. The van der Waals surface area contributed by atoms with Gasteiger partial charge in [0.15, 0.2) is 0 Å². The number of halogens is 1. The number of benzene rings is 2. The molecule has 0 aliphatic heterocycles. The first-order chi connectivity index (χ1) is 8.72. The number of nitrogen functional groups attached to an aromatic ring is 1. The van der Waals surface area contributed by atoms with Gasteiger partial charge in [-0.25, -0.2) is 4.39 Å². The van der Waals surface area contributed by atoms with Crippen LogP contribution < -0.4 is 11.5 Å². The van der Waals surface area contributed by atoms with Gasteiger partial charge in [0.2, 0.25) is 0 Å². The zero-order chi connectivity index (χ0) is 13.0. The summed E-state index contributed by atoms with van der Waals surface area (Å²) in [6, 6.07) is 14.3. The third kappa shape index (κ3) is 2.68. The lowest BCUT2D eigenvalue weighted by molar-refractivity contribution is 0.620. The highest BCUT2D eigenvalue weighted by Crippen LogP contribution is 2.31. The monoisotopic (exact) mass is 244 g/mol. The van der Waals surface area contributed by atoms with Gasteiger partial charge in [0.25, 0.3) is 0 Å². The van der Waals surface area contributed by atoms with Crippen molar-refractivity contribution >= 4 is 5.69 Å². The van der Waals surface area contributed by atoms with Crippen LogP contribution in [0.5, 0.6) is 0 Å². The minimum absolute atomic E-state index is 0.0481. The minimum Gasteiger partial charge on any atom is -0.398 e. The Labute approximate surface area is 106 Å². The van der Waals surface area contributed by atoms with Crippen molar-refractivity contribution in [2.75, 3.05) is 12.3 Å². The van der Waals surface area contributed by atoms with Gasteiger partial charge in [-0.05, 0) is 42.3 Å². The fourth-order valence-electron chi connectivity index (χ4n) is 2.22. The Bertz CT molecular complexity index is 525. The molecule has 0 amide bonds. The lowest BCUT2D eigenvalue weighted by Gasteiger charge is -2.19. The Morgan fingerprint density at radius 1 is 1.06 bits per heavy atom. The molecule has 0 spiro atoms. The minimum atomic E-state index is -0.232. The van der Waals surface area contributed by atoms with E-state index in [9.17, 15) is 4.39 Å². The van der Waals surface area contributed by atoms with Gasteiger partial charge in [0.05, 0.1) is 0 Å². The number of anilines is 1. The second-order valence-electron chi connectivity index (χ2n) is 4.31. The number of para-hydroxylation sites is 1. The fourth-order valence-corrected chi connectivity index (χ4v) is 2.22. The molecule has 0 bridgehead atoms. The van der Waals surface area contributed by atoms with Crippen LogP contribution >= 0.6 is 0 Å². The second-order valence-corrected chi connectivity index (χ2v) is 4.31. The molecule has 0 aromatic heterocycles. The van der Waals surface area contributed by atoms with Gasteiger partial charge < -0.3 is 11.5 Å². The highest BCUT2D eigenvalue weighted by molar-refractivity contribution is 5.51. The summed E-state index contributed by atoms with van der Waals surface area (Å²) < 4.78 is 13.3. The summed E-state index contributed by atoms with van der Waals surface area (Å²) in [4.78, 5) is 0. The first-order valence-electron chi connectivity index (χ1n) is 6.02. The van der Waals surface area contributed by atoms with Crippen LogP contribution in [0.1, 0.15) is 23.5 Å². The van der Waals surface area contributed by atoms with Gasteiger partial charge in [0, 0.05) is 11.6 Å². The van der Waals surface area contributed by atoms with E-state index in [1.807, 2.05) is 30.3 Å². The van der Waals surface area contributed by atoms with Gasteiger partial charge in [-0.3, -0.25) is 0 Å². The van der Waals surface area contributed by atoms with Crippen molar-refractivity contribution in [1.29, 1.82) is 0 Å².